The minimum atomic E-state index is -0.454. The predicted molar refractivity (Wildman–Crippen MR) is 55.8 cm³/mol. The molecule has 0 aliphatic carbocycles. The molecule has 0 bridgehead atoms. The highest BCUT2D eigenvalue weighted by molar-refractivity contribution is 6.14. The van der Waals surface area contributed by atoms with Gasteiger partial charge in [-0.1, -0.05) is 0 Å². The van der Waals surface area contributed by atoms with Crippen molar-refractivity contribution in [2.45, 2.75) is 0 Å². The lowest BCUT2D eigenvalue weighted by Gasteiger charge is -2.31. The molecular weight excluding hydrogens is 226 g/mol. The monoisotopic (exact) mass is 239 g/mol. The summed E-state index contributed by atoms with van der Waals surface area (Å²) in [5, 5.41) is 10.3. The first-order valence-electron chi connectivity index (χ1n) is 5.33. The standard InChI is InChI=1S/C10H13N3O4/c14-8-1-2-9(15)13(8)7-10(16)11-3-5-12(17)6-4-11/h1-2,17H,3-7H2. The maximum atomic E-state index is 11.8. The Bertz CT molecular complexity index is 367. The molecule has 7 nitrogen and oxygen atoms in total. The number of piperazine rings is 1. The van der Waals surface area contributed by atoms with E-state index in [1.54, 1.807) is 0 Å². The third kappa shape index (κ3) is 2.51. The van der Waals surface area contributed by atoms with Crippen LogP contribution in [0.3, 0.4) is 0 Å². The Hall–Kier alpha value is -1.73. The van der Waals surface area contributed by atoms with Gasteiger partial charge in [0.15, 0.2) is 0 Å². The molecule has 0 aromatic heterocycles. The van der Waals surface area contributed by atoms with Gasteiger partial charge in [-0.05, 0) is 0 Å². The summed E-state index contributed by atoms with van der Waals surface area (Å²) in [5.41, 5.74) is 0. The van der Waals surface area contributed by atoms with E-state index < -0.39 is 11.8 Å². The molecule has 2 heterocycles. The smallest absolute Gasteiger partial charge is 0.254 e. The van der Waals surface area contributed by atoms with Crippen LogP contribution in [0, 0.1) is 0 Å². The van der Waals surface area contributed by atoms with Gasteiger partial charge in [-0.3, -0.25) is 19.3 Å². The normalized spacial score (nSPS) is 21.5. The molecule has 0 atom stereocenters. The molecule has 1 fully saturated rings. The second-order valence-corrected chi connectivity index (χ2v) is 3.93. The molecule has 2 rings (SSSR count). The van der Waals surface area contributed by atoms with Crippen molar-refractivity contribution in [3.8, 4) is 0 Å². The van der Waals surface area contributed by atoms with Crippen molar-refractivity contribution in [3.63, 3.8) is 0 Å². The van der Waals surface area contributed by atoms with Crippen LogP contribution in [0.2, 0.25) is 0 Å². The second-order valence-electron chi connectivity index (χ2n) is 3.93. The highest BCUT2D eigenvalue weighted by atomic mass is 16.5. The van der Waals surface area contributed by atoms with Crippen LogP contribution in [0.4, 0.5) is 0 Å². The summed E-state index contributed by atoms with van der Waals surface area (Å²) in [5.74, 6) is -1.18. The van der Waals surface area contributed by atoms with Crippen LogP contribution in [-0.2, 0) is 14.4 Å². The van der Waals surface area contributed by atoms with Crippen LogP contribution >= 0.6 is 0 Å². The molecule has 0 aromatic rings. The van der Waals surface area contributed by atoms with Crippen molar-refractivity contribution < 1.29 is 19.6 Å². The van der Waals surface area contributed by atoms with E-state index in [1.807, 2.05) is 0 Å². The molecule has 0 unspecified atom stereocenters. The molecule has 17 heavy (non-hydrogen) atoms. The number of carbonyl (C=O) groups is 3. The summed E-state index contributed by atoms with van der Waals surface area (Å²) in [6, 6.07) is 0. The zero-order chi connectivity index (χ0) is 12.4. The number of hydrogen-bond donors (Lipinski definition) is 1. The van der Waals surface area contributed by atoms with Crippen LogP contribution in [-0.4, -0.2) is 70.5 Å². The Kier molecular flexibility index (Phi) is 3.21. The summed E-state index contributed by atoms with van der Waals surface area (Å²) < 4.78 is 0. The summed E-state index contributed by atoms with van der Waals surface area (Å²) in [6.07, 6.45) is 2.31. The molecular formula is C10H13N3O4. The zero-order valence-corrected chi connectivity index (χ0v) is 9.20. The third-order valence-electron chi connectivity index (χ3n) is 2.80. The van der Waals surface area contributed by atoms with Crippen LogP contribution in [0.1, 0.15) is 0 Å². The minimum Gasteiger partial charge on any atom is -0.338 e. The third-order valence-corrected chi connectivity index (χ3v) is 2.80. The number of rotatable bonds is 2. The summed E-state index contributed by atoms with van der Waals surface area (Å²) >= 11 is 0. The molecule has 92 valence electrons. The van der Waals surface area contributed by atoms with Gasteiger partial charge in [0.05, 0.1) is 0 Å². The van der Waals surface area contributed by atoms with Gasteiger partial charge in [0.25, 0.3) is 11.8 Å². The van der Waals surface area contributed by atoms with E-state index in [2.05, 4.69) is 0 Å². The van der Waals surface area contributed by atoms with Crippen molar-refractivity contribution in [1.29, 1.82) is 0 Å². The van der Waals surface area contributed by atoms with Gasteiger partial charge in [0.2, 0.25) is 5.91 Å². The topological polar surface area (TPSA) is 81.2 Å². The highest BCUT2D eigenvalue weighted by Gasteiger charge is 2.28. The predicted octanol–water partition coefficient (Wildman–Crippen LogP) is -1.56. The maximum Gasteiger partial charge on any atom is 0.254 e. The number of carbonyl (C=O) groups excluding carboxylic acids is 3. The SMILES string of the molecule is O=C(CN1C(=O)C=CC1=O)N1CCN(O)CC1. The first-order valence-corrected chi connectivity index (χ1v) is 5.33. The molecule has 0 spiro atoms. The Morgan fingerprint density at radius 1 is 1.12 bits per heavy atom. The summed E-state index contributed by atoms with van der Waals surface area (Å²) in [7, 11) is 0. The Morgan fingerprint density at radius 2 is 1.65 bits per heavy atom. The van der Waals surface area contributed by atoms with Crippen LogP contribution in [0.25, 0.3) is 0 Å². The van der Waals surface area contributed by atoms with E-state index in [0.717, 1.165) is 22.1 Å². The second kappa shape index (κ2) is 4.64. The van der Waals surface area contributed by atoms with Gasteiger partial charge in [0.1, 0.15) is 6.54 Å². The largest absolute Gasteiger partial charge is 0.338 e. The lowest BCUT2D eigenvalue weighted by molar-refractivity contribution is -0.152. The number of nitrogens with zero attached hydrogens (tertiary/aromatic N) is 3. The van der Waals surface area contributed by atoms with Crippen LogP contribution in [0.5, 0.6) is 0 Å². The number of imide groups is 1. The van der Waals surface area contributed by atoms with Crippen LogP contribution in [0.15, 0.2) is 12.2 Å². The van der Waals surface area contributed by atoms with Crippen molar-refractivity contribution in [3.05, 3.63) is 12.2 Å². The van der Waals surface area contributed by atoms with E-state index in [9.17, 15) is 14.4 Å². The van der Waals surface area contributed by atoms with E-state index in [1.165, 1.54) is 4.90 Å². The maximum absolute atomic E-state index is 11.8. The molecule has 7 heteroatoms. The van der Waals surface area contributed by atoms with Gasteiger partial charge in [-0.2, -0.15) is 5.06 Å². The Morgan fingerprint density at radius 3 is 2.18 bits per heavy atom. The van der Waals surface area contributed by atoms with Gasteiger partial charge < -0.3 is 10.1 Å². The van der Waals surface area contributed by atoms with Gasteiger partial charge in [-0.15, -0.1) is 0 Å². The van der Waals surface area contributed by atoms with E-state index in [4.69, 9.17) is 5.21 Å². The van der Waals surface area contributed by atoms with Crippen molar-refractivity contribution in [1.82, 2.24) is 14.9 Å². The quantitative estimate of drug-likeness (QED) is 0.590. The first-order chi connectivity index (χ1) is 8.08. The Labute approximate surface area is 97.8 Å². The molecule has 1 N–H and O–H groups in total. The van der Waals surface area contributed by atoms with E-state index in [0.29, 0.717) is 26.2 Å². The average molecular weight is 239 g/mol. The number of hydrogen-bond acceptors (Lipinski definition) is 5. The van der Waals surface area contributed by atoms with Crippen molar-refractivity contribution >= 4 is 17.7 Å². The number of amides is 3. The van der Waals surface area contributed by atoms with Crippen LogP contribution < -0.4 is 0 Å². The van der Waals surface area contributed by atoms with E-state index >= 15 is 0 Å². The summed E-state index contributed by atoms with van der Waals surface area (Å²) in [6.45, 7) is 1.34. The molecule has 2 aliphatic rings. The van der Waals surface area contributed by atoms with Gasteiger partial charge in [0, 0.05) is 38.3 Å². The molecule has 3 amide bonds. The molecule has 2 aliphatic heterocycles. The first kappa shape index (κ1) is 11.7. The molecule has 0 radical (unpaired) electrons. The van der Waals surface area contributed by atoms with Crippen molar-refractivity contribution in [2.75, 3.05) is 32.7 Å². The zero-order valence-electron chi connectivity index (χ0n) is 9.20. The summed E-state index contributed by atoms with van der Waals surface area (Å²) in [4.78, 5) is 36.8. The molecule has 0 saturated carbocycles. The van der Waals surface area contributed by atoms with E-state index in [-0.39, 0.29) is 12.5 Å². The van der Waals surface area contributed by atoms with Gasteiger partial charge >= 0.3 is 0 Å². The van der Waals surface area contributed by atoms with Crippen molar-refractivity contribution in [2.24, 2.45) is 0 Å². The number of hydroxylamine groups is 2. The average Bonchev–Trinajstić information content (AvgIpc) is 2.61. The Balaban J connectivity index is 1.89. The van der Waals surface area contributed by atoms with Gasteiger partial charge in [-0.25, -0.2) is 0 Å². The minimum absolute atomic E-state index is 0.226. The lowest BCUT2D eigenvalue weighted by atomic mass is 10.3. The fraction of sp³-hybridized carbons (Fsp3) is 0.500. The molecule has 1 saturated heterocycles. The molecule has 0 aromatic carbocycles. The fourth-order valence-electron chi connectivity index (χ4n) is 1.77. The lowest BCUT2D eigenvalue weighted by Crippen LogP contribution is -2.50. The fourth-order valence-corrected chi connectivity index (χ4v) is 1.77. The highest BCUT2D eigenvalue weighted by Crippen LogP contribution is 2.06.